The summed E-state index contributed by atoms with van der Waals surface area (Å²) in [6.45, 7) is 4.30. The van der Waals surface area contributed by atoms with Gasteiger partial charge in [-0.2, -0.15) is 0 Å². The van der Waals surface area contributed by atoms with Gasteiger partial charge in [-0.25, -0.2) is 0 Å². The smallest absolute Gasteiger partial charge is 0.220 e. The summed E-state index contributed by atoms with van der Waals surface area (Å²) in [6, 6.07) is -0.614. The number of carbonyl (C=O) groups is 1. The van der Waals surface area contributed by atoms with Crippen molar-refractivity contribution in [2.24, 2.45) is 0 Å². The number of rotatable bonds is 37. The highest BCUT2D eigenvalue weighted by molar-refractivity contribution is 5.76. The van der Waals surface area contributed by atoms with Crippen LogP contribution in [0, 0.1) is 0 Å². The molecule has 2 atom stereocenters. The number of nitrogens with one attached hydrogen (secondary N) is 1. The molecule has 0 bridgehead atoms. The van der Waals surface area contributed by atoms with Crippen molar-refractivity contribution in [2.75, 3.05) is 6.61 Å². The van der Waals surface area contributed by atoms with E-state index in [-0.39, 0.29) is 12.5 Å². The molecule has 0 aromatic rings. The predicted molar refractivity (Wildman–Crippen MR) is 198 cm³/mol. The molecule has 45 heavy (non-hydrogen) atoms. The predicted octanol–water partition coefficient (Wildman–Crippen LogP) is 12.3. The van der Waals surface area contributed by atoms with Gasteiger partial charge in [-0.05, 0) is 19.3 Å². The first-order valence-corrected chi connectivity index (χ1v) is 20.4. The fourth-order valence-electron chi connectivity index (χ4n) is 6.35. The van der Waals surface area contributed by atoms with Crippen molar-refractivity contribution in [1.82, 2.24) is 5.32 Å². The van der Waals surface area contributed by atoms with E-state index in [0.717, 1.165) is 25.7 Å². The number of unbranched alkanes of at least 4 members (excludes halogenated alkanes) is 30. The standard InChI is InChI=1S/C41H81NO3/c1-3-5-7-9-11-13-15-16-17-18-19-20-21-22-23-24-25-26-27-29-31-33-35-37-41(45)42-39(38-43)40(44)36-34-32-30-28-14-12-10-8-6-4-2/h34,36,39-40,43-44H,3-33,35,37-38H2,1-2H3,(H,42,45)/b36-34+/t39-,40+/m0/s1. The van der Waals surface area contributed by atoms with E-state index in [4.69, 9.17) is 0 Å². The Hall–Kier alpha value is -0.870. The number of allylic oxidation sites excluding steroid dienone is 1. The number of carbonyl (C=O) groups excluding carboxylic acids is 1. The fourth-order valence-corrected chi connectivity index (χ4v) is 6.35. The highest BCUT2D eigenvalue weighted by atomic mass is 16.3. The summed E-state index contributed by atoms with van der Waals surface area (Å²) in [5, 5.41) is 22.9. The van der Waals surface area contributed by atoms with Gasteiger partial charge >= 0.3 is 0 Å². The van der Waals surface area contributed by atoms with E-state index in [9.17, 15) is 15.0 Å². The zero-order valence-corrected chi connectivity index (χ0v) is 30.7. The Morgan fingerprint density at radius 2 is 0.822 bits per heavy atom. The third kappa shape index (κ3) is 34.3. The van der Waals surface area contributed by atoms with Crippen LogP contribution in [0.1, 0.15) is 226 Å². The molecule has 1 amide bonds. The van der Waals surface area contributed by atoms with Crippen molar-refractivity contribution in [3.63, 3.8) is 0 Å². The summed E-state index contributed by atoms with van der Waals surface area (Å²) in [6.07, 6.45) is 46.0. The van der Waals surface area contributed by atoms with Crippen LogP contribution in [0.25, 0.3) is 0 Å². The molecule has 0 fully saturated rings. The minimum Gasteiger partial charge on any atom is -0.394 e. The number of hydrogen-bond donors (Lipinski definition) is 3. The van der Waals surface area contributed by atoms with Crippen molar-refractivity contribution in [1.29, 1.82) is 0 Å². The lowest BCUT2D eigenvalue weighted by atomic mass is 10.0. The van der Waals surface area contributed by atoms with Gasteiger partial charge in [0.2, 0.25) is 5.91 Å². The maximum atomic E-state index is 12.3. The molecule has 0 saturated carbocycles. The van der Waals surface area contributed by atoms with Crippen molar-refractivity contribution in [3.8, 4) is 0 Å². The first-order valence-electron chi connectivity index (χ1n) is 20.4. The van der Waals surface area contributed by atoms with Crippen LogP contribution in [0.2, 0.25) is 0 Å². The van der Waals surface area contributed by atoms with Crippen LogP contribution in [0.3, 0.4) is 0 Å². The molecule has 0 spiro atoms. The van der Waals surface area contributed by atoms with Crippen molar-refractivity contribution in [3.05, 3.63) is 12.2 Å². The average Bonchev–Trinajstić information content (AvgIpc) is 3.04. The van der Waals surface area contributed by atoms with Crippen LogP contribution < -0.4 is 5.32 Å². The third-order valence-electron chi connectivity index (χ3n) is 9.52. The Balaban J connectivity index is 3.46. The van der Waals surface area contributed by atoms with Crippen LogP contribution in [0.5, 0.6) is 0 Å². The van der Waals surface area contributed by atoms with Crippen LogP contribution in [-0.2, 0) is 4.79 Å². The van der Waals surface area contributed by atoms with E-state index >= 15 is 0 Å². The number of hydrogen-bond acceptors (Lipinski definition) is 3. The molecule has 3 N–H and O–H groups in total. The molecule has 0 unspecified atom stereocenters. The monoisotopic (exact) mass is 636 g/mol. The van der Waals surface area contributed by atoms with Gasteiger partial charge in [-0.3, -0.25) is 4.79 Å². The minimum atomic E-state index is -0.831. The first-order chi connectivity index (χ1) is 22.2. The molecule has 0 saturated heterocycles. The van der Waals surface area contributed by atoms with E-state index < -0.39 is 12.1 Å². The Morgan fingerprint density at radius 3 is 1.16 bits per heavy atom. The first kappa shape index (κ1) is 44.1. The van der Waals surface area contributed by atoms with Gasteiger partial charge in [0, 0.05) is 6.42 Å². The van der Waals surface area contributed by atoms with Gasteiger partial charge < -0.3 is 15.5 Å². The third-order valence-corrected chi connectivity index (χ3v) is 9.52. The maximum absolute atomic E-state index is 12.3. The molecule has 0 rings (SSSR count). The lowest BCUT2D eigenvalue weighted by Gasteiger charge is -2.20. The summed E-state index contributed by atoms with van der Waals surface area (Å²) in [5.41, 5.74) is 0. The Labute approximate surface area is 282 Å². The number of aliphatic hydroxyl groups excluding tert-OH is 2. The zero-order valence-electron chi connectivity index (χ0n) is 30.7. The van der Waals surface area contributed by atoms with Gasteiger partial charge in [-0.15, -0.1) is 0 Å². The molecule has 268 valence electrons. The summed E-state index contributed by atoms with van der Waals surface area (Å²) in [4.78, 5) is 12.3. The Kier molecular flexibility index (Phi) is 36.9. The second-order valence-corrected chi connectivity index (χ2v) is 14.1. The topological polar surface area (TPSA) is 69.6 Å². The van der Waals surface area contributed by atoms with E-state index in [1.165, 1.54) is 180 Å². The molecule has 0 aliphatic rings. The molecule has 0 heterocycles. The average molecular weight is 636 g/mol. The van der Waals surface area contributed by atoms with Gasteiger partial charge in [0.05, 0.1) is 18.8 Å². The molecule has 0 aliphatic carbocycles. The van der Waals surface area contributed by atoms with Gasteiger partial charge in [0.25, 0.3) is 0 Å². The van der Waals surface area contributed by atoms with Gasteiger partial charge in [0.15, 0.2) is 0 Å². The minimum absolute atomic E-state index is 0.0620. The molecule has 0 aromatic heterocycles. The SMILES string of the molecule is CCCCCCCCCC/C=C/[C@@H](O)[C@H](CO)NC(=O)CCCCCCCCCCCCCCCCCCCCCCCCC. The maximum Gasteiger partial charge on any atom is 0.220 e. The van der Waals surface area contributed by atoms with Crippen LogP contribution in [-0.4, -0.2) is 34.9 Å². The lowest BCUT2D eigenvalue weighted by molar-refractivity contribution is -0.123. The zero-order chi connectivity index (χ0) is 32.9. The van der Waals surface area contributed by atoms with Crippen LogP contribution in [0.15, 0.2) is 12.2 Å². The van der Waals surface area contributed by atoms with Crippen LogP contribution >= 0.6 is 0 Å². The number of amides is 1. The number of aliphatic hydroxyl groups is 2. The fraction of sp³-hybridized carbons (Fsp3) is 0.927. The highest BCUT2D eigenvalue weighted by Crippen LogP contribution is 2.16. The summed E-state index contributed by atoms with van der Waals surface area (Å²) in [7, 11) is 0. The Bertz CT molecular complexity index is 608. The van der Waals surface area contributed by atoms with E-state index in [0.29, 0.717) is 6.42 Å². The van der Waals surface area contributed by atoms with Crippen LogP contribution in [0.4, 0.5) is 0 Å². The summed E-state index contributed by atoms with van der Waals surface area (Å²) >= 11 is 0. The van der Waals surface area contributed by atoms with Crippen molar-refractivity contribution >= 4 is 5.91 Å². The summed E-state index contributed by atoms with van der Waals surface area (Å²) < 4.78 is 0. The lowest BCUT2D eigenvalue weighted by Crippen LogP contribution is -2.45. The second kappa shape index (κ2) is 37.6. The Morgan fingerprint density at radius 1 is 0.511 bits per heavy atom. The van der Waals surface area contributed by atoms with E-state index in [2.05, 4.69) is 19.2 Å². The van der Waals surface area contributed by atoms with Gasteiger partial charge in [0.1, 0.15) is 0 Å². The highest BCUT2D eigenvalue weighted by Gasteiger charge is 2.17. The van der Waals surface area contributed by atoms with Crippen molar-refractivity contribution in [2.45, 2.75) is 238 Å². The van der Waals surface area contributed by atoms with E-state index in [1.807, 2.05) is 6.08 Å². The molecule has 4 heteroatoms. The quantitative estimate of drug-likeness (QED) is 0.0470. The van der Waals surface area contributed by atoms with E-state index in [1.54, 1.807) is 6.08 Å². The van der Waals surface area contributed by atoms with Gasteiger partial charge in [-0.1, -0.05) is 212 Å². The molecule has 4 nitrogen and oxygen atoms in total. The normalized spacial score (nSPS) is 13.1. The molecule has 0 radical (unpaired) electrons. The van der Waals surface area contributed by atoms with Crippen molar-refractivity contribution < 1.29 is 15.0 Å². The molecular formula is C41H81NO3. The molecule has 0 aromatic carbocycles. The summed E-state index contributed by atoms with van der Waals surface area (Å²) in [5.74, 6) is -0.0620. The largest absolute Gasteiger partial charge is 0.394 e. The second-order valence-electron chi connectivity index (χ2n) is 14.1. The molecular weight excluding hydrogens is 554 g/mol. The molecule has 0 aliphatic heterocycles.